The van der Waals surface area contributed by atoms with Crippen molar-refractivity contribution in [2.75, 3.05) is 0 Å². The third-order valence-corrected chi connectivity index (χ3v) is 3.83. The van der Waals surface area contributed by atoms with Gasteiger partial charge in [-0.15, -0.1) is 0 Å². The van der Waals surface area contributed by atoms with E-state index in [1.54, 1.807) is 0 Å². The molecule has 0 aliphatic heterocycles. The largest absolute Gasteiger partial charge is 2.00 e. The molecular weight excluding hydrogens is 409 g/mol. The third-order valence-electron chi connectivity index (χ3n) is 2.01. The maximum absolute atomic E-state index is 10.3. The summed E-state index contributed by atoms with van der Waals surface area (Å²) in [6.07, 6.45) is 0. The summed E-state index contributed by atoms with van der Waals surface area (Å²) in [7, 11) is 0. The molecular formula is C12H8Cl2O4S2Zn. The summed E-state index contributed by atoms with van der Waals surface area (Å²) in [5.74, 6) is 0. The van der Waals surface area contributed by atoms with E-state index in [1.165, 1.54) is 48.5 Å². The predicted octanol–water partition coefficient (Wildman–Crippen LogP) is 3.15. The van der Waals surface area contributed by atoms with E-state index in [0.717, 1.165) is 0 Å². The molecule has 0 heterocycles. The van der Waals surface area contributed by atoms with Gasteiger partial charge in [0.25, 0.3) is 0 Å². The first-order valence-electron chi connectivity index (χ1n) is 5.10. The van der Waals surface area contributed by atoms with Crippen LogP contribution in [0.3, 0.4) is 0 Å². The molecule has 21 heavy (non-hydrogen) atoms. The van der Waals surface area contributed by atoms with Crippen LogP contribution in [0, 0.1) is 0 Å². The van der Waals surface area contributed by atoms with Crippen LogP contribution in [0.2, 0.25) is 10.0 Å². The fourth-order valence-corrected chi connectivity index (χ4v) is 2.06. The zero-order valence-corrected chi connectivity index (χ0v) is 16.6. The van der Waals surface area contributed by atoms with E-state index in [0.29, 0.717) is 10.0 Å². The van der Waals surface area contributed by atoms with Crippen molar-refractivity contribution in [2.45, 2.75) is 9.79 Å². The smallest absolute Gasteiger partial charge is 0.768 e. The van der Waals surface area contributed by atoms with Crippen LogP contribution in [0.25, 0.3) is 0 Å². The second kappa shape index (κ2) is 10.6. The van der Waals surface area contributed by atoms with Gasteiger partial charge >= 0.3 is 19.5 Å². The number of halogens is 2. The van der Waals surface area contributed by atoms with Gasteiger partial charge in [0.05, 0.1) is 0 Å². The molecule has 0 aliphatic rings. The van der Waals surface area contributed by atoms with Crippen LogP contribution in [0.1, 0.15) is 0 Å². The summed E-state index contributed by atoms with van der Waals surface area (Å²) in [6, 6.07) is 11.9. The van der Waals surface area contributed by atoms with E-state index in [-0.39, 0.29) is 29.3 Å². The number of hydrogen-bond donors (Lipinski definition) is 0. The van der Waals surface area contributed by atoms with Crippen LogP contribution in [0.15, 0.2) is 58.3 Å². The van der Waals surface area contributed by atoms with Crippen LogP contribution >= 0.6 is 23.2 Å². The summed E-state index contributed by atoms with van der Waals surface area (Å²) < 4.78 is 41.1. The topological polar surface area (TPSA) is 80.3 Å². The zero-order valence-electron chi connectivity index (χ0n) is 10.5. The average molecular weight is 417 g/mol. The predicted molar refractivity (Wildman–Crippen MR) is 77.3 cm³/mol. The zero-order chi connectivity index (χ0) is 15.1. The third kappa shape index (κ3) is 8.16. The van der Waals surface area contributed by atoms with Crippen LogP contribution in [0.5, 0.6) is 0 Å². The van der Waals surface area contributed by atoms with Crippen molar-refractivity contribution in [2.24, 2.45) is 0 Å². The van der Waals surface area contributed by atoms with Crippen molar-refractivity contribution in [1.29, 1.82) is 0 Å². The molecule has 0 saturated carbocycles. The maximum Gasteiger partial charge on any atom is 2.00 e. The second-order valence-corrected chi connectivity index (χ2v) is 6.13. The summed E-state index contributed by atoms with van der Waals surface area (Å²) in [5.41, 5.74) is 0. The molecule has 0 aromatic heterocycles. The van der Waals surface area contributed by atoms with E-state index < -0.39 is 22.2 Å². The van der Waals surface area contributed by atoms with E-state index >= 15 is 0 Å². The van der Waals surface area contributed by atoms with Crippen molar-refractivity contribution in [3.05, 3.63) is 58.6 Å². The Kier molecular flexibility index (Phi) is 10.5. The van der Waals surface area contributed by atoms with Gasteiger partial charge in [-0.1, -0.05) is 23.2 Å². The molecule has 0 bridgehead atoms. The standard InChI is InChI=1S/2C6H5ClO2S.Zn/c2*7-5-1-3-6(4-2-5)10(8)9;/h2*1-4H,(H,8,9);/q;;+2/p-2. The minimum Gasteiger partial charge on any atom is -0.768 e. The first-order valence-corrected chi connectivity index (χ1v) is 8.00. The fourth-order valence-electron chi connectivity index (χ4n) is 1.09. The van der Waals surface area contributed by atoms with E-state index in [1.807, 2.05) is 0 Å². The quantitative estimate of drug-likeness (QED) is 0.556. The van der Waals surface area contributed by atoms with Crippen LogP contribution in [-0.4, -0.2) is 17.5 Å². The average Bonchev–Trinajstić information content (AvgIpc) is 2.40. The first kappa shape index (κ1) is 20.9. The Morgan fingerprint density at radius 1 is 0.667 bits per heavy atom. The van der Waals surface area contributed by atoms with Crippen molar-refractivity contribution in [3.63, 3.8) is 0 Å². The Balaban J connectivity index is 0.000000364. The molecule has 0 fully saturated rings. The molecule has 2 unspecified atom stereocenters. The molecule has 2 aromatic rings. The summed E-state index contributed by atoms with van der Waals surface area (Å²) in [4.78, 5) is 0.508. The Bertz CT molecular complexity index is 550. The minimum atomic E-state index is -2.15. The van der Waals surface area contributed by atoms with Crippen molar-refractivity contribution >= 4 is 45.4 Å². The van der Waals surface area contributed by atoms with Crippen molar-refractivity contribution in [3.8, 4) is 0 Å². The van der Waals surface area contributed by atoms with E-state index in [9.17, 15) is 17.5 Å². The van der Waals surface area contributed by atoms with Gasteiger partial charge in [-0.05, 0) is 70.7 Å². The molecule has 2 rings (SSSR count). The number of hydrogen-bond acceptors (Lipinski definition) is 4. The van der Waals surface area contributed by atoms with Gasteiger partial charge in [0.15, 0.2) is 0 Å². The molecule has 0 N–H and O–H groups in total. The molecule has 0 amide bonds. The number of benzene rings is 2. The maximum atomic E-state index is 10.3. The Morgan fingerprint density at radius 2 is 0.905 bits per heavy atom. The van der Waals surface area contributed by atoms with Crippen LogP contribution < -0.4 is 0 Å². The van der Waals surface area contributed by atoms with Gasteiger partial charge < -0.3 is 9.11 Å². The molecule has 108 valence electrons. The van der Waals surface area contributed by atoms with E-state index in [4.69, 9.17) is 23.2 Å². The molecule has 0 aliphatic carbocycles. The minimum absolute atomic E-state index is 0. The van der Waals surface area contributed by atoms with Gasteiger partial charge in [-0.2, -0.15) is 0 Å². The SMILES string of the molecule is O=S([O-])c1ccc(Cl)cc1.O=S([O-])c1ccc(Cl)cc1.[Zn+2]. The van der Waals surface area contributed by atoms with Crippen LogP contribution in [0.4, 0.5) is 0 Å². The molecule has 4 nitrogen and oxygen atoms in total. The summed E-state index contributed by atoms with van der Waals surface area (Å²) in [5, 5.41) is 1.07. The Labute approximate surface area is 150 Å². The normalized spacial score (nSPS) is 12.4. The summed E-state index contributed by atoms with van der Waals surface area (Å²) in [6.45, 7) is 0. The van der Waals surface area contributed by atoms with Crippen LogP contribution in [-0.2, 0) is 41.6 Å². The van der Waals surface area contributed by atoms with Crippen molar-refractivity contribution in [1.82, 2.24) is 0 Å². The molecule has 0 saturated heterocycles. The van der Waals surface area contributed by atoms with Gasteiger partial charge in [0, 0.05) is 19.8 Å². The van der Waals surface area contributed by atoms with Gasteiger partial charge in [-0.25, -0.2) is 0 Å². The number of rotatable bonds is 2. The summed E-state index contributed by atoms with van der Waals surface area (Å²) >= 11 is 6.74. The van der Waals surface area contributed by atoms with Gasteiger partial charge in [0.2, 0.25) is 0 Å². The molecule has 2 aromatic carbocycles. The monoisotopic (exact) mass is 414 g/mol. The van der Waals surface area contributed by atoms with Gasteiger partial charge in [-0.3, -0.25) is 8.42 Å². The van der Waals surface area contributed by atoms with E-state index in [2.05, 4.69) is 0 Å². The molecule has 0 radical (unpaired) electrons. The second-order valence-electron chi connectivity index (χ2n) is 3.38. The Hall–Kier alpha value is -0.137. The Morgan fingerprint density at radius 3 is 1.10 bits per heavy atom. The molecule has 0 spiro atoms. The van der Waals surface area contributed by atoms with Crippen molar-refractivity contribution < 1.29 is 37.0 Å². The fraction of sp³-hybridized carbons (Fsp3) is 0. The van der Waals surface area contributed by atoms with Gasteiger partial charge in [0.1, 0.15) is 0 Å². The molecule has 9 heteroatoms. The molecule has 2 atom stereocenters. The first-order chi connectivity index (χ1) is 9.40.